The summed E-state index contributed by atoms with van der Waals surface area (Å²) >= 11 is 0. The zero-order chi connectivity index (χ0) is 15.3. The molecule has 1 saturated carbocycles. The number of ether oxygens (including phenoxy) is 2. The molecule has 1 aliphatic rings. The maximum atomic E-state index is 12.1. The first-order valence-electron chi connectivity index (χ1n) is 7.05. The zero-order valence-corrected chi connectivity index (χ0v) is 12.0. The van der Waals surface area contributed by atoms with E-state index in [1.807, 2.05) is 0 Å². The molecule has 1 aromatic carbocycles. The van der Waals surface area contributed by atoms with E-state index in [-0.39, 0.29) is 11.9 Å². The Bertz CT molecular complexity index is 434. The lowest BCUT2D eigenvalue weighted by molar-refractivity contribution is -0.153. The van der Waals surface area contributed by atoms with Crippen molar-refractivity contribution in [2.75, 3.05) is 19.0 Å². The van der Waals surface area contributed by atoms with Crippen molar-refractivity contribution in [2.45, 2.75) is 44.0 Å². The van der Waals surface area contributed by atoms with Gasteiger partial charge >= 0.3 is 6.18 Å². The van der Waals surface area contributed by atoms with Crippen LogP contribution in [0.15, 0.2) is 24.3 Å². The number of halogens is 3. The molecule has 0 radical (unpaired) electrons. The van der Waals surface area contributed by atoms with Gasteiger partial charge in [-0.25, -0.2) is 0 Å². The van der Waals surface area contributed by atoms with Crippen LogP contribution in [0.25, 0.3) is 0 Å². The summed E-state index contributed by atoms with van der Waals surface area (Å²) in [5.41, 5.74) is 0.885. The van der Waals surface area contributed by atoms with Crippen molar-refractivity contribution in [3.05, 3.63) is 24.3 Å². The molecule has 1 fully saturated rings. The molecule has 2 rings (SSSR count). The van der Waals surface area contributed by atoms with Gasteiger partial charge in [-0.15, -0.1) is 0 Å². The van der Waals surface area contributed by atoms with Crippen LogP contribution in [0.2, 0.25) is 0 Å². The highest BCUT2D eigenvalue weighted by atomic mass is 19.4. The number of benzene rings is 1. The number of anilines is 1. The summed E-state index contributed by atoms with van der Waals surface area (Å²) in [4.78, 5) is 0. The van der Waals surface area contributed by atoms with E-state index in [1.54, 1.807) is 31.4 Å². The summed E-state index contributed by atoms with van der Waals surface area (Å²) < 4.78 is 46.2. The second kappa shape index (κ2) is 7.02. The fraction of sp³-hybridized carbons (Fsp3) is 0.600. The largest absolute Gasteiger partial charge is 0.484 e. The minimum atomic E-state index is -4.31. The van der Waals surface area contributed by atoms with Crippen LogP contribution in [-0.4, -0.2) is 32.0 Å². The van der Waals surface area contributed by atoms with Gasteiger partial charge in [0.1, 0.15) is 5.75 Å². The normalized spacial score (nSPS) is 22.9. The topological polar surface area (TPSA) is 30.5 Å². The van der Waals surface area contributed by atoms with Crippen molar-refractivity contribution in [2.24, 2.45) is 0 Å². The molecule has 1 aliphatic carbocycles. The molecule has 118 valence electrons. The van der Waals surface area contributed by atoms with Gasteiger partial charge in [0, 0.05) is 18.8 Å². The third kappa shape index (κ3) is 5.46. The highest BCUT2D eigenvalue weighted by molar-refractivity contribution is 5.47. The predicted molar refractivity (Wildman–Crippen MR) is 74.7 cm³/mol. The maximum absolute atomic E-state index is 12.1. The average Bonchev–Trinajstić information content (AvgIpc) is 2.46. The number of hydrogen-bond acceptors (Lipinski definition) is 3. The van der Waals surface area contributed by atoms with Crippen molar-refractivity contribution < 1.29 is 22.6 Å². The van der Waals surface area contributed by atoms with Gasteiger partial charge in [0.05, 0.1) is 6.10 Å². The molecular weight excluding hydrogens is 283 g/mol. The summed E-state index contributed by atoms with van der Waals surface area (Å²) in [6.45, 7) is -1.27. The Hall–Kier alpha value is -1.43. The molecule has 2 atom stereocenters. The Morgan fingerprint density at radius 1 is 1.19 bits per heavy atom. The van der Waals surface area contributed by atoms with E-state index in [0.29, 0.717) is 6.04 Å². The molecule has 2 unspecified atom stereocenters. The highest BCUT2D eigenvalue weighted by Gasteiger charge is 2.28. The van der Waals surface area contributed by atoms with Crippen molar-refractivity contribution in [1.29, 1.82) is 0 Å². The van der Waals surface area contributed by atoms with Crippen molar-refractivity contribution >= 4 is 5.69 Å². The van der Waals surface area contributed by atoms with Gasteiger partial charge in [0.25, 0.3) is 0 Å². The number of alkyl halides is 3. The monoisotopic (exact) mass is 303 g/mol. The van der Waals surface area contributed by atoms with Crippen LogP contribution < -0.4 is 10.1 Å². The van der Waals surface area contributed by atoms with Crippen molar-refractivity contribution in [3.8, 4) is 5.75 Å². The van der Waals surface area contributed by atoms with Gasteiger partial charge < -0.3 is 14.8 Å². The van der Waals surface area contributed by atoms with E-state index in [0.717, 1.165) is 31.4 Å². The van der Waals surface area contributed by atoms with Crippen LogP contribution in [0, 0.1) is 0 Å². The maximum Gasteiger partial charge on any atom is 0.422 e. The van der Waals surface area contributed by atoms with Crippen LogP contribution in [0.3, 0.4) is 0 Å². The smallest absolute Gasteiger partial charge is 0.422 e. The molecule has 0 heterocycles. The average molecular weight is 303 g/mol. The quantitative estimate of drug-likeness (QED) is 0.892. The van der Waals surface area contributed by atoms with E-state index in [9.17, 15) is 13.2 Å². The Balaban J connectivity index is 1.84. The SMILES string of the molecule is COC1CCCC(Nc2ccc(OCC(F)(F)F)cc2)C1. The van der Waals surface area contributed by atoms with E-state index >= 15 is 0 Å². The van der Waals surface area contributed by atoms with Gasteiger partial charge in [0.15, 0.2) is 6.61 Å². The summed E-state index contributed by atoms with van der Waals surface area (Å²) in [5, 5.41) is 3.39. The van der Waals surface area contributed by atoms with Gasteiger partial charge in [-0.1, -0.05) is 0 Å². The first kappa shape index (κ1) is 15.9. The number of hydrogen-bond donors (Lipinski definition) is 1. The van der Waals surface area contributed by atoms with E-state index in [1.165, 1.54) is 0 Å². The molecule has 3 nitrogen and oxygen atoms in total. The first-order valence-corrected chi connectivity index (χ1v) is 7.05. The highest BCUT2D eigenvalue weighted by Crippen LogP contribution is 2.25. The summed E-state index contributed by atoms with van der Waals surface area (Å²) in [6.07, 6.45) is 0.191. The van der Waals surface area contributed by atoms with Crippen LogP contribution in [-0.2, 0) is 4.74 Å². The van der Waals surface area contributed by atoms with E-state index in [4.69, 9.17) is 4.74 Å². The lowest BCUT2D eigenvalue weighted by Gasteiger charge is -2.29. The van der Waals surface area contributed by atoms with Crippen molar-refractivity contribution in [3.63, 3.8) is 0 Å². The summed E-state index contributed by atoms with van der Waals surface area (Å²) in [6, 6.07) is 6.91. The number of nitrogens with one attached hydrogen (secondary N) is 1. The van der Waals surface area contributed by atoms with Gasteiger partial charge in [-0.3, -0.25) is 0 Å². The Morgan fingerprint density at radius 3 is 2.52 bits per heavy atom. The lowest BCUT2D eigenvalue weighted by atomic mass is 9.92. The molecule has 0 aliphatic heterocycles. The third-order valence-corrected chi connectivity index (χ3v) is 3.59. The fourth-order valence-corrected chi connectivity index (χ4v) is 2.54. The summed E-state index contributed by atoms with van der Waals surface area (Å²) in [7, 11) is 1.72. The molecule has 0 spiro atoms. The molecule has 0 aromatic heterocycles. The standard InChI is InChI=1S/C15H20F3NO2/c1-20-14-4-2-3-12(9-14)19-11-5-7-13(8-6-11)21-10-15(16,17)18/h5-8,12,14,19H,2-4,9-10H2,1H3. The molecule has 1 N–H and O–H groups in total. The van der Waals surface area contributed by atoms with Crippen LogP contribution in [0.5, 0.6) is 5.75 Å². The van der Waals surface area contributed by atoms with Crippen LogP contribution >= 0.6 is 0 Å². The molecular formula is C15H20F3NO2. The first-order chi connectivity index (χ1) is 9.96. The van der Waals surface area contributed by atoms with Crippen LogP contribution in [0.4, 0.5) is 18.9 Å². The molecule has 0 amide bonds. The Kier molecular flexibility index (Phi) is 5.33. The van der Waals surface area contributed by atoms with Crippen LogP contribution in [0.1, 0.15) is 25.7 Å². The zero-order valence-electron chi connectivity index (χ0n) is 12.0. The molecule has 1 aromatic rings. The minimum absolute atomic E-state index is 0.219. The van der Waals surface area contributed by atoms with Gasteiger partial charge in [-0.05, 0) is 49.9 Å². The molecule has 21 heavy (non-hydrogen) atoms. The molecule has 0 saturated heterocycles. The number of rotatable bonds is 5. The van der Waals surface area contributed by atoms with Gasteiger partial charge in [-0.2, -0.15) is 13.2 Å². The fourth-order valence-electron chi connectivity index (χ4n) is 2.54. The lowest BCUT2D eigenvalue weighted by Crippen LogP contribution is -2.30. The van der Waals surface area contributed by atoms with Gasteiger partial charge in [0.2, 0.25) is 0 Å². The number of methoxy groups -OCH3 is 1. The second-order valence-electron chi connectivity index (χ2n) is 5.29. The summed E-state index contributed by atoms with van der Waals surface area (Å²) in [5.74, 6) is 0.219. The molecule has 0 bridgehead atoms. The second-order valence-corrected chi connectivity index (χ2v) is 5.29. The van der Waals surface area contributed by atoms with E-state index in [2.05, 4.69) is 10.1 Å². The Morgan fingerprint density at radius 2 is 1.90 bits per heavy atom. The predicted octanol–water partition coefficient (Wildman–Crippen LogP) is 4.00. The molecule has 6 heteroatoms. The third-order valence-electron chi connectivity index (χ3n) is 3.59. The Labute approximate surface area is 122 Å². The van der Waals surface area contributed by atoms with Crippen molar-refractivity contribution in [1.82, 2.24) is 0 Å². The van der Waals surface area contributed by atoms with E-state index < -0.39 is 12.8 Å². The minimum Gasteiger partial charge on any atom is -0.484 e.